The lowest BCUT2D eigenvalue weighted by atomic mass is 10.1. The van der Waals surface area contributed by atoms with Crippen LogP contribution in [-0.4, -0.2) is 48.7 Å². The molecular formula is C16H15N5O3S. The van der Waals surface area contributed by atoms with Gasteiger partial charge in [-0.3, -0.25) is 4.79 Å². The monoisotopic (exact) mass is 357 g/mol. The number of benzene rings is 1. The Morgan fingerprint density at radius 2 is 2.00 bits per heavy atom. The highest BCUT2D eigenvalue weighted by Gasteiger charge is 2.20. The Bertz CT molecular complexity index is 884. The first kappa shape index (κ1) is 16.9. The molecule has 0 aliphatic carbocycles. The first-order valence-corrected chi connectivity index (χ1v) is 8.45. The van der Waals surface area contributed by atoms with Gasteiger partial charge in [0, 0.05) is 6.42 Å². The number of carboxylic acids is 1. The average molecular weight is 357 g/mol. The van der Waals surface area contributed by atoms with Gasteiger partial charge in [0.15, 0.2) is 5.65 Å². The highest BCUT2D eigenvalue weighted by Crippen LogP contribution is 2.21. The summed E-state index contributed by atoms with van der Waals surface area (Å²) in [7, 11) is 0. The lowest BCUT2D eigenvalue weighted by Gasteiger charge is -2.14. The van der Waals surface area contributed by atoms with Crippen LogP contribution in [-0.2, 0) is 16.0 Å². The number of H-pyrrole nitrogens is 1. The number of aromatic amines is 1. The fraction of sp³-hybridized carbons (Fsp3) is 0.188. The number of rotatable bonds is 7. The summed E-state index contributed by atoms with van der Waals surface area (Å²) in [5.41, 5.74) is 2.02. The van der Waals surface area contributed by atoms with Crippen molar-refractivity contribution in [3.05, 3.63) is 48.5 Å². The maximum absolute atomic E-state index is 12.1. The molecule has 0 radical (unpaired) electrons. The van der Waals surface area contributed by atoms with E-state index in [-0.39, 0.29) is 18.1 Å². The fourth-order valence-electron chi connectivity index (χ4n) is 2.27. The number of amides is 1. The molecule has 0 spiro atoms. The van der Waals surface area contributed by atoms with Gasteiger partial charge >= 0.3 is 5.97 Å². The zero-order valence-corrected chi connectivity index (χ0v) is 13.9. The number of hydrogen-bond acceptors (Lipinski definition) is 6. The van der Waals surface area contributed by atoms with Crippen LogP contribution in [0.3, 0.4) is 0 Å². The van der Waals surface area contributed by atoms with E-state index in [2.05, 4.69) is 25.3 Å². The number of aliphatic carboxylic acids is 1. The second-order valence-corrected chi connectivity index (χ2v) is 6.18. The Balaban J connectivity index is 1.60. The van der Waals surface area contributed by atoms with Crippen LogP contribution in [0.5, 0.6) is 0 Å². The molecule has 8 nitrogen and oxygen atoms in total. The number of hydrogen-bond donors (Lipinski definition) is 3. The van der Waals surface area contributed by atoms with Gasteiger partial charge in [0.25, 0.3) is 0 Å². The molecule has 0 saturated heterocycles. The van der Waals surface area contributed by atoms with Gasteiger partial charge < -0.3 is 15.4 Å². The first-order chi connectivity index (χ1) is 12.1. The van der Waals surface area contributed by atoms with Crippen molar-refractivity contribution in [2.75, 3.05) is 5.75 Å². The minimum atomic E-state index is -1.07. The van der Waals surface area contributed by atoms with E-state index >= 15 is 0 Å². The van der Waals surface area contributed by atoms with Crippen LogP contribution < -0.4 is 5.32 Å². The normalized spacial score (nSPS) is 12.0. The van der Waals surface area contributed by atoms with E-state index in [1.807, 2.05) is 30.3 Å². The molecule has 3 aromatic rings. The van der Waals surface area contributed by atoms with Crippen LogP contribution in [0.1, 0.15) is 5.56 Å². The van der Waals surface area contributed by atoms with Crippen LogP contribution in [0.4, 0.5) is 0 Å². The molecule has 0 saturated carbocycles. The van der Waals surface area contributed by atoms with Gasteiger partial charge in [-0.15, -0.1) is 0 Å². The zero-order valence-electron chi connectivity index (χ0n) is 13.0. The predicted molar refractivity (Wildman–Crippen MR) is 92.1 cm³/mol. The maximum atomic E-state index is 12.1. The largest absolute Gasteiger partial charge is 0.480 e. The zero-order chi connectivity index (χ0) is 17.6. The van der Waals surface area contributed by atoms with E-state index in [4.69, 9.17) is 0 Å². The number of nitrogens with one attached hydrogen (secondary N) is 2. The Labute approximate surface area is 147 Å². The molecule has 0 unspecified atom stereocenters. The molecule has 0 aliphatic heterocycles. The summed E-state index contributed by atoms with van der Waals surface area (Å²) in [6.45, 7) is 0. The number of aromatic nitrogens is 4. The number of carbonyl (C=O) groups is 2. The molecule has 0 fully saturated rings. The topological polar surface area (TPSA) is 121 Å². The van der Waals surface area contributed by atoms with E-state index in [0.29, 0.717) is 16.2 Å². The highest BCUT2D eigenvalue weighted by atomic mass is 32.2. The number of fused-ring (bicyclic) bond motifs is 1. The minimum absolute atomic E-state index is 0.0453. The van der Waals surface area contributed by atoms with Gasteiger partial charge in [-0.25, -0.2) is 19.7 Å². The number of imidazole rings is 1. The lowest BCUT2D eigenvalue weighted by molar-refractivity contribution is -0.141. The van der Waals surface area contributed by atoms with E-state index in [9.17, 15) is 14.7 Å². The SMILES string of the molecule is O=C(CSc1ncnc2nc[nH]c12)N[C@@H](Cc1ccccc1)C(=O)O. The summed E-state index contributed by atoms with van der Waals surface area (Å²) < 4.78 is 0. The third kappa shape index (κ3) is 4.32. The Hall–Kier alpha value is -2.94. The standard InChI is InChI=1S/C16H15N5O3S/c22-12(7-25-15-13-14(18-8-17-13)19-9-20-15)21-11(16(23)24)6-10-4-2-1-3-5-10/h1-5,8-9,11H,6-7H2,(H,21,22)(H,23,24)(H,17,18,19,20)/t11-/m0/s1. The van der Waals surface area contributed by atoms with Crippen LogP contribution in [0.2, 0.25) is 0 Å². The molecule has 9 heteroatoms. The van der Waals surface area contributed by atoms with Crippen molar-refractivity contribution in [3.8, 4) is 0 Å². The lowest BCUT2D eigenvalue weighted by Crippen LogP contribution is -2.43. The summed E-state index contributed by atoms with van der Waals surface area (Å²) in [5.74, 6) is -1.40. The van der Waals surface area contributed by atoms with E-state index in [0.717, 1.165) is 5.56 Å². The van der Waals surface area contributed by atoms with E-state index in [1.165, 1.54) is 24.4 Å². The molecule has 2 aromatic heterocycles. The van der Waals surface area contributed by atoms with Crippen molar-refractivity contribution in [1.82, 2.24) is 25.3 Å². The molecule has 2 heterocycles. The second kappa shape index (κ2) is 7.75. The smallest absolute Gasteiger partial charge is 0.326 e. The summed E-state index contributed by atoms with van der Waals surface area (Å²) >= 11 is 1.20. The van der Waals surface area contributed by atoms with Gasteiger partial charge in [-0.05, 0) is 5.56 Å². The Morgan fingerprint density at radius 1 is 1.20 bits per heavy atom. The minimum Gasteiger partial charge on any atom is -0.480 e. The highest BCUT2D eigenvalue weighted by molar-refractivity contribution is 8.00. The molecule has 128 valence electrons. The molecule has 3 N–H and O–H groups in total. The maximum Gasteiger partial charge on any atom is 0.326 e. The summed E-state index contributed by atoms with van der Waals surface area (Å²) in [6, 6.07) is 8.19. The molecule has 1 atom stereocenters. The third-order valence-corrected chi connectivity index (χ3v) is 4.43. The first-order valence-electron chi connectivity index (χ1n) is 7.46. The molecule has 0 aliphatic rings. The molecule has 0 bridgehead atoms. The third-order valence-electron chi connectivity index (χ3n) is 3.44. The number of thioether (sulfide) groups is 1. The Morgan fingerprint density at radius 3 is 2.76 bits per heavy atom. The fourth-order valence-corrected chi connectivity index (χ4v) is 3.04. The van der Waals surface area contributed by atoms with E-state index < -0.39 is 12.0 Å². The summed E-state index contributed by atoms with van der Waals surface area (Å²) in [5, 5.41) is 12.5. The van der Waals surface area contributed by atoms with Crippen molar-refractivity contribution in [2.45, 2.75) is 17.5 Å². The van der Waals surface area contributed by atoms with Gasteiger partial charge in [0.2, 0.25) is 5.91 Å². The van der Waals surface area contributed by atoms with Gasteiger partial charge in [0.05, 0.1) is 12.1 Å². The molecule has 25 heavy (non-hydrogen) atoms. The second-order valence-electron chi connectivity index (χ2n) is 5.22. The van der Waals surface area contributed by atoms with Crippen molar-refractivity contribution in [2.24, 2.45) is 0 Å². The predicted octanol–water partition coefficient (Wildman–Crippen LogP) is 1.26. The molecule has 1 amide bonds. The van der Waals surface area contributed by atoms with Crippen molar-refractivity contribution in [3.63, 3.8) is 0 Å². The van der Waals surface area contributed by atoms with Crippen LogP contribution in [0, 0.1) is 0 Å². The number of carbonyl (C=O) groups excluding carboxylic acids is 1. The number of nitrogens with zero attached hydrogens (tertiary/aromatic N) is 3. The summed E-state index contributed by atoms with van der Waals surface area (Å²) in [6.07, 6.45) is 3.10. The quantitative estimate of drug-likeness (QED) is 0.430. The van der Waals surface area contributed by atoms with Crippen LogP contribution in [0.15, 0.2) is 48.0 Å². The van der Waals surface area contributed by atoms with Gasteiger partial charge in [-0.2, -0.15) is 0 Å². The average Bonchev–Trinajstić information content (AvgIpc) is 3.09. The van der Waals surface area contributed by atoms with Crippen molar-refractivity contribution < 1.29 is 14.7 Å². The number of carboxylic acid groups (broad SMARTS) is 1. The van der Waals surface area contributed by atoms with Gasteiger partial charge in [-0.1, -0.05) is 42.1 Å². The van der Waals surface area contributed by atoms with Crippen molar-refractivity contribution in [1.29, 1.82) is 0 Å². The summed E-state index contributed by atoms with van der Waals surface area (Å²) in [4.78, 5) is 38.6. The van der Waals surface area contributed by atoms with Crippen LogP contribution in [0.25, 0.3) is 11.2 Å². The van der Waals surface area contributed by atoms with Crippen molar-refractivity contribution >= 4 is 34.8 Å². The van der Waals surface area contributed by atoms with Gasteiger partial charge in [0.1, 0.15) is 22.9 Å². The molecular weight excluding hydrogens is 342 g/mol. The van der Waals surface area contributed by atoms with E-state index in [1.54, 1.807) is 0 Å². The molecule has 1 aromatic carbocycles. The Kier molecular flexibility index (Phi) is 5.24. The van der Waals surface area contributed by atoms with Crippen LogP contribution >= 0.6 is 11.8 Å². The molecule has 3 rings (SSSR count).